The van der Waals surface area contributed by atoms with Crippen LogP contribution in [0.25, 0.3) is 0 Å². The molecular weight excluding hydrogens is 316 g/mol. The lowest BCUT2D eigenvalue weighted by Crippen LogP contribution is -2.38. The van der Waals surface area contributed by atoms with Gasteiger partial charge in [-0.25, -0.2) is 0 Å². The topological polar surface area (TPSA) is 39.7 Å². The van der Waals surface area contributed by atoms with Crippen molar-refractivity contribution in [1.82, 2.24) is 5.32 Å². The lowest BCUT2D eigenvalue weighted by molar-refractivity contribution is -0.0498. The summed E-state index contributed by atoms with van der Waals surface area (Å²) in [6, 6.07) is 12.7. The van der Waals surface area contributed by atoms with Crippen molar-refractivity contribution in [3.05, 3.63) is 53.6 Å². The number of ether oxygens (including phenoxy) is 3. The minimum Gasteiger partial charge on any atom is -0.493 e. The van der Waals surface area contributed by atoms with E-state index in [0.29, 0.717) is 13.2 Å². The molecule has 6 heteroatoms. The zero-order chi connectivity index (χ0) is 16.9. The maximum atomic E-state index is 12.1. The molecule has 0 bridgehead atoms. The van der Waals surface area contributed by atoms with Crippen LogP contribution in [0.5, 0.6) is 17.2 Å². The van der Waals surface area contributed by atoms with Gasteiger partial charge in [0.05, 0.1) is 7.11 Å². The zero-order valence-electron chi connectivity index (χ0n) is 13.3. The first-order valence-electron chi connectivity index (χ1n) is 7.71. The van der Waals surface area contributed by atoms with Gasteiger partial charge in [-0.05, 0) is 35.7 Å². The van der Waals surface area contributed by atoms with Crippen LogP contribution in [0.15, 0.2) is 42.5 Å². The van der Waals surface area contributed by atoms with Gasteiger partial charge >= 0.3 is 6.61 Å². The molecule has 0 aromatic heterocycles. The third-order valence-corrected chi connectivity index (χ3v) is 3.92. The standard InChI is InChI=1S/C18H19F2NO3/c1-22-16-4-2-3-13-9-14(11-23-17(13)16)21-10-12-5-7-15(8-6-12)24-18(19)20/h2-8,14,18,21H,9-11H2,1H3. The lowest BCUT2D eigenvalue weighted by Gasteiger charge is -2.27. The molecule has 4 nitrogen and oxygen atoms in total. The van der Waals surface area contributed by atoms with Crippen LogP contribution in [0.2, 0.25) is 0 Å². The molecule has 0 spiro atoms. The molecule has 1 atom stereocenters. The highest BCUT2D eigenvalue weighted by Crippen LogP contribution is 2.34. The maximum Gasteiger partial charge on any atom is 0.387 e. The van der Waals surface area contributed by atoms with Crippen molar-refractivity contribution in [2.75, 3.05) is 13.7 Å². The van der Waals surface area contributed by atoms with Gasteiger partial charge < -0.3 is 19.5 Å². The van der Waals surface area contributed by atoms with E-state index in [1.54, 1.807) is 31.4 Å². The summed E-state index contributed by atoms with van der Waals surface area (Å²) in [5, 5.41) is 3.42. The van der Waals surface area contributed by atoms with Gasteiger partial charge in [0.25, 0.3) is 0 Å². The van der Waals surface area contributed by atoms with E-state index in [0.717, 1.165) is 29.0 Å². The number of hydrogen-bond donors (Lipinski definition) is 1. The van der Waals surface area contributed by atoms with Gasteiger partial charge in [0, 0.05) is 12.6 Å². The Bertz CT molecular complexity index is 676. The summed E-state index contributed by atoms with van der Waals surface area (Å²) in [5.41, 5.74) is 2.10. The Balaban J connectivity index is 1.56. The number of benzene rings is 2. The van der Waals surface area contributed by atoms with Crippen LogP contribution < -0.4 is 19.5 Å². The molecule has 0 saturated heterocycles. The number of halogens is 2. The molecule has 0 radical (unpaired) electrons. The fourth-order valence-electron chi connectivity index (χ4n) is 2.74. The van der Waals surface area contributed by atoms with E-state index in [1.807, 2.05) is 18.2 Å². The minimum absolute atomic E-state index is 0.163. The van der Waals surface area contributed by atoms with Crippen molar-refractivity contribution in [3.8, 4) is 17.2 Å². The molecule has 1 unspecified atom stereocenters. The highest BCUT2D eigenvalue weighted by atomic mass is 19.3. The summed E-state index contributed by atoms with van der Waals surface area (Å²) < 4.78 is 39.7. The van der Waals surface area contributed by atoms with Crippen LogP contribution >= 0.6 is 0 Å². The van der Waals surface area contributed by atoms with Gasteiger partial charge in [0.2, 0.25) is 0 Å². The predicted molar refractivity (Wildman–Crippen MR) is 85.9 cm³/mol. The summed E-state index contributed by atoms with van der Waals surface area (Å²) in [6.45, 7) is -1.62. The molecule has 0 saturated carbocycles. The van der Waals surface area contributed by atoms with Gasteiger partial charge in [-0.15, -0.1) is 0 Å². The summed E-state index contributed by atoms with van der Waals surface area (Å²) in [4.78, 5) is 0. The Kier molecular flexibility index (Phi) is 5.15. The monoisotopic (exact) mass is 335 g/mol. The van der Waals surface area contributed by atoms with Crippen LogP contribution in [0.4, 0.5) is 8.78 Å². The summed E-state index contributed by atoms with van der Waals surface area (Å²) in [7, 11) is 1.63. The van der Waals surface area contributed by atoms with E-state index in [4.69, 9.17) is 9.47 Å². The first-order chi connectivity index (χ1) is 11.7. The molecule has 2 aromatic carbocycles. The lowest BCUT2D eigenvalue weighted by atomic mass is 10.0. The van der Waals surface area contributed by atoms with E-state index in [1.165, 1.54) is 0 Å². The number of para-hydroxylation sites is 1. The average molecular weight is 335 g/mol. The van der Waals surface area contributed by atoms with Gasteiger partial charge in [0.15, 0.2) is 11.5 Å². The molecular formula is C18H19F2NO3. The molecule has 1 aliphatic rings. The molecule has 0 fully saturated rings. The number of nitrogens with one attached hydrogen (secondary N) is 1. The second kappa shape index (κ2) is 7.49. The van der Waals surface area contributed by atoms with Gasteiger partial charge in [-0.3, -0.25) is 0 Å². The number of fused-ring (bicyclic) bond motifs is 1. The highest BCUT2D eigenvalue weighted by Gasteiger charge is 2.22. The third kappa shape index (κ3) is 3.94. The van der Waals surface area contributed by atoms with E-state index < -0.39 is 6.61 Å². The third-order valence-electron chi connectivity index (χ3n) is 3.92. The summed E-state index contributed by atoms with van der Waals surface area (Å²) >= 11 is 0. The quantitative estimate of drug-likeness (QED) is 0.878. The molecule has 1 heterocycles. The number of alkyl halides is 2. The maximum absolute atomic E-state index is 12.1. The fourth-order valence-corrected chi connectivity index (χ4v) is 2.74. The zero-order valence-corrected chi connectivity index (χ0v) is 13.3. The van der Waals surface area contributed by atoms with Crippen LogP contribution in [-0.4, -0.2) is 26.4 Å². The van der Waals surface area contributed by atoms with Crippen LogP contribution in [-0.2, 0) is 13.0 Å². The molecule has 1 N–H and O–H groups in total. The molecule has 128 valence electrons. The Hall–Kier alpha value is -2.34. The minimum atomic E-state index is -2.80. The van der Waals surface area contributed by atoms with Gasteiger partial charge in [-0.1, -0.05) is 24.3 Å². The largest absolute Gasteiger partial charge is 0.493 e. The van der Waals surface area contributed by atoms with Gasteiger partial charge in [-0.2, -0.15) is 8.78 Å². The van der Waals surface area contributed by atoms with Crippen molar-refractivity contribution >= 4 is 0 Å². The second-order valence-electron chi connectivity index (χ2n) is 5.56. The Morgan fingerprint density at radius 2 is 2.00 bits per heavy atom. The molecule has 0 aliphatic carbocycles. The molecule has 3 rings (SSSR count). The Morgan fingerprint density at radius 1 is 1.21 bits per heavy atom. The van der Waals surface area contributed by atoms with Crippen molar-refractivity contribution in [2.24, 2.45) is 0 Å². The molecule has 24 heavy (non-hydrogen) atoms. The van der Waals surface area contributed by atoms with E-state index in [9.17, 15) is 8.78 Å². The Morgan fingerprint density at radius 3 is 2.71 bits per heavy atom. The average Bonchev–Trinajstić information content (AvgIpc) is 2.60. The second-order valence-corrected chi connectivity index (χ2v) is 5.56. The number of rotatable bonds is 6. The smallest absolute Gasteiger partial charge is 0.387 e. The van der Waals surface area contributed by atoms with Crippen molar-refractivity contribution < 1.29 is 23.0 Å². The Labute approximate surface area is 139 Å². The molecule has 0 amide bonds. The van der Waals surface area contributed by atoms with Crippen molar-refractivity contribution in [1.29, 1.82) is 0 Å². The normalized spacial score (nSPS) is 16.4. The van der Waals surface area contributed by atoms with Gasteiger partial charge in [0.1, 0.15) is 12.4 Å². The van der Waals surface area contributed by atoms with E-state index in [2.05, 4.69) is 10.1 Å². The van der Waals surface area contributed by atoms with Crippen LogP contribution in [0, 0.1) is 0 Å². The number of hydrogen-bond acceptors (Lipinski definition) is 4. The highest BCUT2D eigenvalue weighted by molar-refractivity contribution is 5.48. The molecule has 2 aromatic rings. The summed E-state index contributed by atoms with van der Waals surface area (Å²) in [5.74, 6) is 1.72. The van der Waals surface area contributed by atoms with Crippen molar-refractivity contribution in [3.63, 3.8) is 0 Å². The van der Waals surface area contributed by atoms with E-state index >= 15 is 0 Å². The van der Waals surface area contributed by atoms with Crippen molar-refractivity contribution in [2.45, 2.75) is 25.6 Å². The first kappa shape index (κ1) is 16.5. The summed E-state index contributed by atoms with van der Waals surface area (Å²) in [6.07, 6.45) is 0.846. The SMILES string of the molecule is COc1cccc2c1OCC(NCc1ccc(OC(F)F)cc1)C2. The predicted octanol–water partition coefficient (Wildman–Crippen LogP) is 3.39. The fraction of sp³-hybridized carbons (Fsp3) is 0.333. The first-order valence-corrected chi connectivity index (χ1v) is 7.71. The van der Waals surface area contributed by atoms with E-state index in [-0.39, 0.29) is 11.8 Å². The number of methoxy groups -OCH3 is 1. The van der Waals surface area contributed by atoms with Crippen LogP contribution in [0.3, 0.4) is 0 Å². The molecule has 1 aliphatic heterocycles. The van der Waals surface area contributed by atoms with Crippen LogP contribution in [0.1, 0.15) is 11.1 Å².